The average Bonchev–Trinajstić information content (AvgIpc) is 2.76. The van der Waals surface area contributed by atoms with E-state index in [9.17, 15) is 0 Å². The highest BCUT2D eigenvalue weighted by Gasteiger charge is 2.53. The highest BCUT2D eigenvalue weighted by molar-refractivity contribution is 5.46. The van der Waals surface area contributed by atoms with Crippen LogP contribution in [0.3, 0.4) is 0 Å². The monoisotopic (exact) mass is 364 g/mol. The van der Waals surface area contributed by atoms with Crippen LogP contribution in [-0.2, 0) is 0 Å². The molecule has 1 aliphatic rings. The van der Waals surface area contributed by atoms with E-state index < -0.39 is 0 Å². The second kappa shape index (κ2) is 7.31. The normalized spacial score (nSPS) is 23.7. The van der Waals surface area contributed by atoms with Gasteiger partial charge in [0.2, 0.25) is 0 Å². The molecular formula is C24H20N4. The second-order valence-electron chi connectivity index (χ2n) is 7.27. The van der Waals surface area contributed by atoms with Gasteiger partial charge >= 0.3 is 0 Å². The van der Waals surface area contributed by atoms with Crippen molar-refractivity contribution in [3.8, 4) is 0 Å². The summed E-state index contributed by atoms with van der Waals surface area (Å²) in [6, 6.07) is 21.5. The van der Waals surface area contributed by atoms with E-state index >= 15 is 0 Å². The predicted octanol–water partition coefficient (Wildman–Crippen LogP) is 4.72. The van der Waals surface area contributed by atoms with Crippen molar-refractivity contribution in [2.45, 2.75) is 23.7 Å². The Morgan fingerprint density at radius 3 is 1.07 bits per heavy atom. The highest BCUT2D eigenvalue weighted by Crippen LogP contribution is 2.66. The Morgan fingerprint density at radius 1 is 0.393 bits per heavy atom. The summed E-state index contributed by atoms with van der Waals surface area (Å²) in [7, 11) is 0. The van der Waals surface area contributed by atoms with Crippen molar-refractivity contribution < 1.29 is 0 Å². The first-order valence-electron chi connectivity index (χ1n) is 9.53. The van der Waals surface area contributed by atoms with Gasteiger partial charge in [-0.1, -0.05) is 60.7 Å². The van der Waals surface area contributed by atoms with E-state index in [2.05, 4.69) is 80.6 Å². The molecule has 0 amide bonds. The Morgan fingerprint density at radius 2 is 0.714 bits per heavy atom. The van der Waals surface area contributed by atoms with Gasteiger partial charge in [-0.05, 0) is 34.1 Å². The molecule has 0 aliphatic heterocycles. The summed E-state index contributed by atoms with van der Waals surface area (Å²) in [6.45, 7) is 0. The largest absolute Gasteiger partial charge is 0.245 e. The van der Waals surface area contributed by atoms with Gasteiger partial charge in [-0.3, -0.25) is 0 Å². The molecule has 4 aromatic rings. The number of benzene rings is 2. The molecule has 0 bridgehead atoms. The standard InChI is InChI=1S/C24H20N4/c1-3-7-17(8-4-1)21-23(19-11-25-15-26-12-19)22(18-9-5-2-6-10-18)24(21)20-13-27-16-28-14-20/h1-16,21-24H. The first-order valence-corrected chi connectivity index (χ1v) is 9.53. The fourth-order valence-corrected chi connectivity index (χ4v) is 4.72. The van der Waals surface area contributed by atoms with Crippen molar-refractivity contribution >= 4 is 0 Å². The summed E-state index contributed by atoms with van der Waals surface area (Å²) in [5, 5.41) is 0. The van der Waals surface area contributed by atoms with Crippen molar-refractivity contribution in [3.05, 3.63) is 120 Å². The molecule has 0 spiro atoms. The Kier molecular flexibility index (Phi) is 4.37. The Hall–Kier alpha value is -3.40. The molecule has 2 heterocycles. The molecule has 1 saturated carbocycles. The van der Waals surface area contributed by atoms with Crippen LogP contribution in [0, 0.1) is 0 Å². The minimum absolute atomic E-state index is 0.302. The van der Waals surface area contributed by atoms with Gasteiger partial charge in [0.25, 0.3) is 0 Å². The van der Waals surface area contributed by atoms with Gasteiger partial charge in [0.15, 0.2) is 0 Å². The van der Waals surface area contributed by atoms with Crippen molar-refractivity contribution in [2.24, 2.45) is 0 Å². The van der Waals surface area contributed by atoms with E-state index in [1.807, 2.05) is 24.8 Å². The summed E-state index contributed by atoms with van der Waals surface area (Å²) >= 11 is 0. The molecular weight excluding hydrogens is 344 g/mol. The maximum absolute atomic E-state index is 4.31. The Bertz CT molecular complexity index is 841. The molecule has 0 atom stereocenters. The SMILES string of the molecule is c1ccc(C2C(c3cncnc3)C(c3ccccc3)C2c2cncnc2)cc1. The zero-order valence-corrected chi connectivity index (χ0v) is 15.3. The highest BCUT2D eigenvalue weighted by atomic mass is 14.8. The van der Waals surface area contributed by atoms with Crippen LogP contribution >= 0.6 is 0 Å². The van der Waals surface area contributed by atoms with Crippen LogP contribution in [0.4, 0.5) is 0 Å². The number of nitrogens with zero attached hydrogens (tertiary/aromatic N) is 4. The molecule has 28 heavy (non-hydrogen) atoms. The second-order valence-corrected chi connectivity index (χ2v) is 7.27. The van der Waals surface area contributed by atoms with Crippen molar-refractivity contribution in [1.29, 1.82) is 0 Å². The van der Waals surface area contributed by atoms with Crippen molar-refractivity contribution in [2.75, 3.05) is 0 Å². The molecule has 0 radical (unpaired) electrons. The quantitative estimate of drug-likeness (QED) is 0.526. The van der Waals surface area contributed by atoms with Gasteiger partial charge < -0.3 is 0 Å². The van der Waals surface area contributed by atoms with Crippen LogP contribution in [-0.4, -0.2) is 19.9 Å². The van der Waals surface area contributed by atoms with Crippen LogP contribution in [0.5, 0.6) is 0 Å². The molecule has 4 heteroatoms. The molecule has 4 nitrogen and oxygen atoms in total. The van der Waals surface area contributed by atoms with E-state index in [0.717, 1.165) is 0 Å². The van der Waals surface area contributed by atoms with Crippen LogP contribution in [0.1, 0.15) is 45.9 Å². The van der Waals surface area contributed by atoms with Crippen LogP contribution < -0.4 is 0 Å². The lowest BCUT2D eigenvalue weighted by Crippen LogP contribution is -2.40. The molecule has 2 aromatic heterocycles. The van der Waals surface area contributed by atoms with Gasteiger partial charge in [-0.15, -0.1) is 0 Å². The maximum Gasteiger partial charge on any atom is 0.115 e. The number of aromatic nitrogens is 4. The van der Waals surface area contributed by atoms with E-state index in [1.165, 1.54) is 22.3 Å². The minimum Gasteiger partial charge on any atom is -0.245 e. The number of hydrogen-bond donors (Lipinski definition) is 0. The average molecular weight is 364 g/mol. The van der Waals surface area contributed by atoms with E-state index in [-0.39, 0.29) is 0 Å². The van der Waals surface area contributed by atoms with Crippen LogP contribution in [0.25, 0.3) is 0 Å². The summed E-state index contributed by atoms with van der Waals surface area (Å²) in [6.07, 6.45) is 11.0. The van der Waals surface area contributed by atoms with Gasteiger partial charge in [0, 0.05) is 36.6 Å². The van der Waals surface area contributed by atoms with Gasteiger partial charge in [-0.2, -0.15) is 0 Å². The summed E-state index contributed by atoms with van der Waals surface area (Å²) < 4.78 is 0. The molecule has 0 N–H and O–H groups in total. The first-order chi connectivity index (χ1) is 13.9. The Labute approximate surface area is 164 Å². The molecule has 0 unspecified atom stereocenters. The predicted molar refractivity (Wildman–Crippen MR) is 108 cm³/mol. The van der Waals surface area contributed by atoms with Gasteiger partial charge in [-0.25, -0.2) is 19.9 Å². The molecule has 136 valence electrons. The third-order valence-electron chi connectivity index (χ3n) is 5.85. The van der Waals surface area contributed by atoms with Crippen molar-refractivity contribution in [1.82, 2.24) is 19.9 Å². The smallest absolute Gasteiger partial charge is 0.115 e. The van der Waals surface area contributed by atoms with E-state index in [4.69, 9.17) is 0 Å². The van der Waals surface area contributed by atoms with Crippen LogP contribution in [0.15, 0.2) is 98.1 Å². The molecule has 2 aromatic carbocycles. The third-order valence-corrected chi connectivity index (χ3v) is 5.85. The van der Waals surface area contributed by atoms with E-state index in [0.29, 0.717) is 23.7 Å². The van der Waals surface area contributed by atoms with E-state index in [1.54, 1.807) is 12.7 Å². The lowest BCUT2D eigenvalue weighted by molar-refractivity contribution is 0.227. The minimum atomic E-state index is 0.302. The molecule has 5 rings (SSSR count). The lowest BCUT2D eigenvalue weighted by atomic mass is 9.49. The molecule has 0 saturated heterocycles. The van der Waals surface area contributed by atoms with Crippen molar-refractivity contribution in [3.63, 3.8) is 0 Å². The number of rotatable bonds is 4. The van der Waals surface area contributed by atoms with Gasteiger partial charge in [0.05, 0.1) is 0 Å². The number of hydrogen-bond acceptors (Lipinski definition) is 4. The summed E-state index contributed by atoms with van der Waals surface area (Å²) in [5.41, 5.74) is 5.02. The maximum atomic E-state index is 4.31. The molecule has 1 aliphatic carbocycles. The molecule has 1 fully saturated rings. The fraction of sp³-hybridized carbons (Fsp3) is 0.167. The zero-order chi connectivity index (χ0) is 18.8. The lowest BCUT2D eigenvalue weighted by Gasteiger charge is -2.53. The van der Waals surface area contributed by atoms with Gasteiger partial charge in [0.1, 0.15) is 12.7 Å². The van der Waals surface area contributed by atoms with Crippen LogP contribution in [0.2, 0.25) is 0 Å². The topological polar surface area (TPSA) is 51.6 Å². The zero-order valence-electron chi connectivity index (χ0n) is 15.3. The Balaban J connectivity index is 1.67. The first kappa shape index (κ1) is 16.8. The summed E-state index contributed by atoms with van der Waals surface area (Å²) in [4.78, 5) is 17.2. The fourth-order valence-electron chi connectivity index (χ4n) is 4.72. The summed E-state index contributed by atoms with van der Waals surface area (Å²) in [5.74, 6) is 1.25. The third kappa shape index (κ3) is 2.87.